The number of hydrogen-bond donors (Lipinski definition) is 1. The molecule has 0 bridgehead atoms. The van der Waals surface area contributed by atoms with Crippen molar-refractivity contribution in [3.8, 4) is 11.5 Å². The number of nitrogens with zero attached hydrogens (tertiary/aromatic N) is 1. The summed E-state index contributed by atoms with van der Waals surface area (Å²) in [5.41, 5.74) is 0.756. The molecule has 0 aromatic heterocycles. The third kappa shape index (κ3) is 6.89. The van der Waals surface area contributed by atoms with E-state index in [-0.39, 0.29) is 36.9 Å². The van der Waals surface area contributed by atoms with E-state index in [0.717, 1.165) is 5.56 Å². The molecule has 0 saturated carbocycles. The zero-order valence-corrected chi connectivity index (χ0v) is 15.4. The van der Waals surface area contributed by atoms with Gasteiger partial charge in [-0.05, 0) is 45.4 Å². The highest BCUT2D eigenvalue weighted by atomic mass is 16.5. The quantitative estimate of drug-likeness (QED) is 0.828. The van der Waals surface area contributed by atoms with Crippen LogP contribution in [0.2, 0.25) is 0 Å². The van der Waals surface area contributed by atoms with E-state index in [0.29, 0.717) is 11.5 Å². The minimum Gasteiger partial charge on any atom is -0.493 e. The number of likely N-dealkylation sites (N-methyl/N-ethyl adjacent to an activating group) is 1. The van der Waals surface area contributed by atoms with E-state index in [4.69, 9.17) is 9.47 Å². The van der Waals surface area contributed by atoms with Crippen LogP contribution in [0.15, 0.2) is 18.2 Å². The molecule has 1 aromatic carbocycles. The summed E-state index contributed by atoms with van der Waals surface area (Å²) in [6.07, 6.45) is 0.191. The predicted molar refractivity (Wildman–Crippen MR) is 93.4 cm³/mol. The van der Waals surface area contributed by atoms with Gasteiger partial charge in [-0.3, -0.25) is 9.59 Å². The van der Waals surface area contributed by atoms with E-state index in [1.54, 1.807) is 14.2 Å². The lowest BCUT2D eigenvalue weighted by Crippen LogP contribution is -2.46. The van der Waals surface area contributed by atoms with Crippen LogP contribution in [0.1, 0.15) is 32.8 Å². The van der Waals surface area contributed by atoms with Gasteiger partial charge < -0.3 is 19.7 Å². The van der Waals surface area contributed by atoms with Crippen LogP contribution in [0, 0.1) is 6.92 Å². The third-order valence-electron chi connectivity index (χ3n) is 3.21. The summed E-state index contributed by atoms with van der Waals surface area (Å²) in [4.78, 5) is 25.3. The van der Waals surface area contributed by atoms with Crippen molar-refractivity contribution in [2.75, 3.05) is 27.3 Å². The van der Waals surface area contributed by atoms with Crippen LogP contribution in [-0.4, -0.2) is 49.6 Å². The first-order chi connectivity index (χ1) is 11.1. The Morgan fingerprint density at radius 1 is 1.21 bits per heavy atom. The zero-order valence-electron chi connectivity index (χ0n) is 15.4. The van der Waals surface area contributed by atoms with Crippen molar-refractivity contribution >= 4 is 11.8 Å². The molecule has 6 heteroatoms. The van der Waals surface area contributed by atoms with E-state index in [2.05, 4.69) is 5.32 Å². The summed E-state index contributed by atoms with van der Waals surface area (Å²) in [5.74, 6) is 0.911. The lowest BCUT2D eigenvalue weighted by Gasteiger charge is -2.23. The first kappa shape index (κ1) is 19.8. The fraction of sp³-hybridized carbons (Fsp3) is 0.556. The van der Waals surface area contributed by atoms with Gasteiger partial charge in [0.25, 0.3) is 0 Å². The van der Waals surface area contributed by atoms with Crippen LogP contribution < -0.4 is 14.8 Å². The Morgan fingerprint density at radius 3 is 2.46 bits per heavy atom. The van der Waals surface area contributed by atoms with E-state index in [9.17, 15) is 9.59 Å². The molecule has 1 rings (SSSR count). The average molecular weight is 336 g/mol. The second-order valence-corrected chi connectivity index (χ2v) is 6.80. The molecule has 134 valence electrons. The summed E-state index contributed by atoms with van der Waals surface area (Å²) in [5, 5.41) is 2.83. The number of aryl methyl sites for hydroxylation is 1. The summed E-state index contributed by atoms with van der Waals surface area (Å²) in [6.45, 7) is 7.92. The second kappa shape index (κ2) is 8.57. The molecule has 0 heterocycles. The van der Waals surface area contributed by atoms with Gasteiger partial charge in [0.15, 0.2) is 11.5 Å². The van der Waals surface area contributed by atoms with E-state index in [1.165, 1.54) is 4.90 Å². The van der Waals surface area contributed by atoms with E-state index < -0.39 is 0 Å². The molecular formula is C18H28N2O4. The van der Waals surface area contributed by atoms with Gasteiger partial charge in [-0.25, -0.2) is 0 Å². The van der Waals surface area contributed by atoms with Crippen molar-refractivity contribution in [3.05, 3.63) is 23.8 Å². The number of methoxy groups -OCH3 is 1. The predicted octanol–water partition coefficient (Wildman–Crippen LogP) is 2.15. The van der Waals surface area contributed by atoms with Gasteiger partial charge in [0.05, 0.1) is 26.7 Å². The molecule has 1 aromatic rings. The van der Waals surface area contributed by atoms with Gasteiger partial charge in [0.1, 0.15) is 0 Å². The summed E-state index contributed by atoms with van der Waals surface area (Å²) in [6, 6.07) is 5.61. The Hall–Kier alpha value is -2.24. The second-order valence-electron chi connectivity index (χ2n) is 6.80. The van der Waals surface area contributed by atoms with Crippen molar-refractivity contribution in [3.63, 3.8) is 0 Å². The Bertz CT molecular complexity index is 579. The largest absolute Gasteiger partial charge is 0.493 e. The van der Waals surface area contributed by atoms with Gasteiger partial charge in [0.2, 0.25) is 11.8 Å². The number of carbonyl (C=O) groups is 2. The molecule has 0 aliphatic heterocycles. The normalized spacial score (nSPS) is 10.9. The molecule has 0 radical (unpaired) electrons. The molecule has 6 nitrogen and oxygen atoms in total. The van der Waals surface area contributed by atoms with Crippen molar-refractivity contribution in [1.82, 2.24) is 10.2 Å². The zero-order chi connectivity index (χ0) is 18.3. The van der Waals surface area contributed by atoms with Crippen LogP contribution >= 0.6 is 0 Å². The molecule has 2 amide bonds. The molecule has 0 spiro atoms. The fourth-order valence-electron chi connectivity index (χ4n) is 2.09. The number of rotatable bonds is 7. The number of ether oxygens (including phenoxy) is 2. The molecule has 0 fully saturated rings. The average Bonchev–Trinajstić information content (AvgIpc) is 2.46. The van der Waals surface area contributed by atoms with Crippen LogP contribution in [0.5, 0.6) is 11.5 Å². The van der Waals surface area contributed by atoms with Gasteiger partial charge in [0, 0.05) is 12.6 Å². The Labute approximate surface area is 144 Å². The maximum absolute atomic E-state index is 12.1. The monoisotopic (exact) mass is 336 g/mol. The van der Waals surface area contributed by atoms with Crippen LogP contribution in [0.3, 0.4) is 0 Å². The smallest absolute Gasteiger partial charge is 0.240 e. The number of carbonyl (C=O) groups excluding carboxylic acids is 2. The molecular weight excluding hydrogens is 308 g/mol. The standard InChI is InChI=1S/C18H28N2O4/c1-13-7-8-14(15(11-13)23-6)24-10-9-17(22)20(5)12-16(21)19-18(2,3)4/h7-8,11H,9-10,12H2,1-6H3,(H,19,21). The SMILES string of the molecule is COc1cc(C)ccc1OCCC(=O)N(C)CC(=O)NC(C)(C)C. The Kier molecular flexibility index (Phi) is 7.07. The summed E-state index contributed by atoms with van der Waals surface area (Å²) >= 11 is 0. The van der Waals surface area contributed by atoms with Gasteiger partial charge >= 0.3 is 0 Å². The third-order valence-corrected chi connectivity index (χ3v) is 3.21. The first-order valence-electron chi connectivity index (χ1n) is 7.95. The maximum Gasteiger partial charge on any atom is 0.240 e. The van der Waals surface area contributed by atoms with Gasteiger partial charge in [-0.1, -0.05) is 6.07 Å². The molecule has 0 saturated heterocycles. The number of nitrogens with one attached hydrogen (secondary N) is 1. The summed E-state index contributed by atoms with van der Waals surface area (Å²) in [7, 11) is 3.19. The highest BCUT2D eigenvalue weighted by molar-refractivity contribution is 5.85. The van der Waals surface area contributed by atoms with Crippen LogP contribution in [0.25, 0.3) is 0 Å². The van der Waals surface area contributed by atoms with Crippen molar-refractivity contribution in [2.24, 2.45) is 0 Å². The van der Waals surface area contributed by atoms with Gasteiger partial charge in [-0.2, -0.15) is 0 Å². The highest BCUT2D eigenvalue weighted by Crippen LogP contribution is 2.27. The lowest BCUT2D eigenvalue weighted by molar-refractivity contribution is -0.135. The molecule has 1 N–H and O–H groups in total. The molecule has 0 atom stereocenters. The van der Waals surface area contributed by atoms with Crippen LogP contribution in [0.4, 0.5) is 0 Å². The first-order valence-corrected chi connectivity index (χ1v) is 7.95. The fourth-order valence-corrected chi connectivity index (χ4v) is 2.09. The minimum atomic E-state index is -0.313. The molecule has 24 heavy (non-hydrogen) atoms. The molecule has 0 aliphatic rings. The Morgan fingerprint density at radius 2 is 1.88 bits per heavy atom. The lowest BCUT2D eigenvalue weighted by atomic mass is 10.1. The van der Waals surface area contributed by atoms with Crippen molar-refractivity contribution < 1.29 is 19.1 Å². The van der Waals surface area contributed by atoms with E-state index >= 15 is 0 Å². The van der Waals surface area contributed by atoms with Crippen molar-refractivity contribution in [2.45, 2.75) is 39.7 Å². The molecule has 0 unspecified atom stereocenters. The number of hydrogen-bond acceptors (Lipinski definition) is 4. The summed E-state index contributed by atoms with van der Waals surface area (Å²) < 4.78 is 10.9. The van der Waals surface area contributed by atoms with Crippen LogP contribution in [-0.2, 0) is 9.59 Å². The number of amides is 2. The van der Waals surface area contributed by atoms with E-state index in [1.807, 2.05) is 45.9 Å². The Balaban J connectivity index is 2.44. The van der Waals surface area contributed by atoms with Gasteiger partial charge in [-0.15, -0.1) is 0 Å². The molecule has 0 aliphatic carbocycles. The maximum atomic E-state index is 12.1. The topological polar surface area (TPSA) is 67.9 Å². The van der Waals surface area contributed by atoms with Crippen molar-refractivity contribution in [1.29, 1.82) is 0 Å². The highest BCUT2D eigenvalue weighted by Gasteiger charge is 2.17. The minimum absolute atomic E-state index is 0.0317. The number of benzene rings is 1.